The summed E-state index contributed by atoms with van der Waals surface area (Å²) in [6.07, 6.45) is 5.00. The number of thiophene rings is 1. The van der Waals surface area contributed by atoms with E-state index in [9.17, 15) is 48.1 Å². The molecule has 5 aromatic rings. The summed E-state index contributed by atoms with van der Waals surface area (Å²) in [5, 5.41) is 0. The second-order valence-corrected chi connectivity index (χ2v) is 16.4. The third-order valence-electron chi connectivity index (χ3n) is 10.3. The van der Waals surface area contributed by atoms with E-state index in [1.165, 1.54) is 30.3 Å². The molecule has 298 valence electrons. The number of halogens is 10. The Labute approximate surface area is 377 Å². The van der Waals surface area contributed by atoms with Crippen molar-refractivity contribution in [3.05, 3.63) is 125 Å². The third-order valence-corrected chi connectivity index (χ3v) is 12.2. The standard InChI is InChI=1S/C41H33F10O3S2.2Na/c1-2-3-4-7-16-41(17-8-5-6-9-18-56(52,53)54)25-19-21(27-14-15-28(55-27)30-33(44)37(48)40(51)38(49)34(30)45)10-12-23(25)24-13-11-22(20-26(24)41)29-31(42)35(46)39(50)36(47)32(29)43;;/h10-15,19-20H,1-9,16-18H2,(H,52,53,54);;/q-1;2*+1/p-1. The second kappa shape index (κ2) is 19.7. The van der Waals surface area contributed by atoms with Crippen LogP contribution in [0.3, 0.4) is 0 Å². The van der Waals surface area contributed by atoms with Gasteiger partial charge in [0.15, 0.2) is 46.5 Å². The van der Waals surface area contributed by atoms with E-state index in [4.69, 9.17) is 0 Å². The summed E-state index contributed by atoms with van der Waals surface area (Å²) >= 11 is 0.778. The van der Waals surface area contributed by atoms with Gasteiger partial charge in [0.1, 0.15) is 0 Å². The molecule has 58 heavy (non-hydrogen) atoms. The zero-order valence-electron chi connectivity index (χ0n) is 31.4. The normalized spacial score (nSPS) is 14.6. The van der Waals surface area contributed by atoms with Crippen molar-refractivity contribution in [1.29, 1.82) is 0 Å². The molecule has 0 N–H and O–H groups in total. The Bertz CT molecular complexity index is 2380. The Balaban J connectivity index is 0.00000372. The van der Waals surface area contributed by atoms with Gasteiger partial charge in [-0.25, -0.2) is 52.3 Å². The van der Waals surface area contributed by atoms with Crippen LogP contribution in [-0.4, -0.2) is 18.7 Å². The van der Waals surface area contributed by atoms with Crippen molar-refractivity contribution in [2.24, 2.45) is 0 Å². The number of hydrogen-bond acceptors (Lipinski definition) is 4. The molecule has 0 saturated carbocycles. The molecule has 1 aliphatic carbocycles. The Kier molecular flexibility index (Phi) is 16.4. The minimum Gasteiger partial charge on any atom is -0.748 e. The quantitative estimate of drug-likeness (QED) is 0.0224. The summed E-state index contributed by atoms with van der Waals surface area (Å²) in [4.78, 5) is 0.165. The van der Waals surface area contributed by atoms with Gasteiger partial charge in [0.25, 0.3) is 0 Å². The average Bonchev–Trinajstić information content (AvgIpc) is 3.75. The summed E-state index contributed by atoms with van der Waals surface area (Å²) in [6.45, 7) is 3.89. The van der Waals surface area contributed by atoms with Crippen LogP contribution in [0.4, 0.5) is 43.9 Å². The van der Waals surface area contributed by atoms with E-state index in [1.807, 2.05) is 0 Å². The van der Waals surface area contributed by atoms with Gasteiger partial charge in [0.2, 0.25) is 11.6 Å². The first kappa shape index (κ1) is 48.5. The molecule has 3 nitrogen and oxygen atoms in total. The average molecular weight is 873 g/mol. The van der Waals surface area contributed by atoms with Crippen molar-refractivity contribution in [3.63, 3.8) is 0 Å². The molecular formula is C41H32F10Na2O3S2. The van der Waals surface area contributed by atoms with E-state index in [1.54, 1.807) is 18.2 Å². The van der Waals surface area contributed by atoms with Crippen molar-refractivity contribution in [1.82, 2.24) is 0 Å². The van der Waals surface area contributed by atoms with Gasteiger partial charge in [-0.1, -0.05) is 62.8 Å². The van der Waals surface area contributed by atoms with E-state index in [0.29, 0.717) is 77.6 Å². The first-order valence-electron chi connectivity index (χ1n) is 17.7. The van der Waals surface area contributed by atoms with Gasteiger partial charge in [-0.05, 0) is 76.9 Å². The Morgan fingerprint density at radius 3 is 1.43 bits per heavy atom. The second-order valence-electron chi connectivity index (χ2n) is 13.7. The largest absolute Gasteiger partial charge is 1.00 e. The fourth-order valence-electron chi connectivity index (χ4n) is 7.61. The van der Waals surface area contributed by atoms with Gasteiger partial charge >= 0.3 is 59.1 Å². The van der Waals surface area contributed by atoms with Crippen molar-refractivity contribution in [3.8, 4) is 43.1 Å². The van der Waals surface area contributed by atoms with E-state index in [2.05, 4.69) is 6.92 Å². The number of fused-ring (bicyclic) bond motifs is 3. The molecule has 1 aliphatic rings. The number of unbranched alkanes of at least 4 members (excludes halogenated alkanes) is 6. The van der Waals surface area contributed by atoms with Crippen LogP contribution in [0.15, 0.2) is 48.5 Å². The van der Waals surface area contributed by atoms with Crippen LogP contribution in [0.5, 0.6) is 0 Å². The maximum Gasteiger partial charge on any atom is 1.00 e. The maximum absolute atomic E-state index is 15.2. The third kappa shape index (κ3) is 9.32. The van der Waals surface area contributed by atoms with E-state index >= 15 is 8.78 Å². The van der Waals surface area contributed by atoms with Crippen LogP contribution in [0.25, 0.3) is 43.1 Å². The molecule has 1 heterocycles. The van der Waals surface area contributed by atoms with Crippen molar-refractivity contribution in [2.45, 2.75) is 69.6 Å². The first-order chi connectivity index (χ1) is 26.5. The molecule has 1 unspecified atom stereocenters. The number of hydrogen-bond donors (Lipinski definition) is 0. The van der Waals surface area contributed by atoms with Gasteiger partial charge in [0, 0.05) is 20.9 Å². The fraction of sp³-hybridized carbons (Fsp3) is 0.293. The Morgan fingerprint density at radius 1 is 0.517 bits per heavy atom. The molecule has 0 amide bonds. The molecule has 0 aliphatic heterocycles. The first-order valence-corrected chi connectivity index (χ1v) is 20.1. The summed E-state index contributed by atoms with van der Waals surface area (Å²) in [7, 11) is -4.43. The molecular weight excluding hydrogens is 841 g/mol. The van der Waals surface area contributed by atoms with Gasteiger partial charge in [-0.15, -0.1) is 11.3 Å². The zero-order chi connectivity index (χ0) is 40.7. The maximum atomic E-state index is 15.2. The van der Waals surface area contributed by atoms with E-state index in [0.717, 1.165) is 24.2 Å². The smallest absolute Gasteiger partial charge is 0.748 e. The van der Waals surface area contributed by atoms with E-state index in [-0.39, 0.29) is 76.0 Å². The SMILES string of the molecule is [CH2-]CCCCCC1(CCCCCCS(=O)(=O)[O-])c2cc(-c3ccc(-c4c(F)c(F)c(F)c(F)c4F)s3)ccc2-c2ccc(-c3c(F)c(F)c(F)c(F)c3F)cc21.[Na+].[Na+]. The molecule has 1 aromatic heterocycles. The minimum absolute atomic E-state index is 0. The van der Waals surface area contributed by atoms with Crippen LogP contribution >= 0.6 is 11.3 Å². The number of benzene rings is 4. The summed E-state index contributed by atoms with van der Waals surface area (Å²) < 4.78 is 178. The molecule has 4 aromatic carbocycles. The van der Waals surface area contributed by atoms with Crippen LogP contribution < -0.4 is 59.1 Å². The van der Waals surface area contributed by atoms with Crippen LogP contribution in [0.2, 0.25) is 0 Å². The zero-order valence-corrected chi connectivity index (χ0v) is 37.1. The monoisotopic (exact) mass is 872 g/mol. The summed E-state index contributed by atoms with van der Waals surface area (Å²) in [5.74, 6) is -21.5. The topological polar surface area (TPSA) is 57.2 Å². The number of rotatable bonds is 15. The van der Waals surface area contributed by atoms with Crippen molar-refractivity contribution in [2.75, 3.05) is 5.75 Å². The van der Waals surface area contributed by atoms with Gasteiger partial charge in [-0.3, -0.25) is 0 Å². The molecule has 1 atom stereocenters. The minimum atomic E-state index is -4.43. The Morgan fingerprint density at radius 2 is 0.931 bits per heavy atom. The molecule has 6 rings (SSSR count). The summed E-state index contributed by atoms with van der Waals surface area (Å²) in [5.41, 5.74) is -0.369. The van der Waals surface area contributed by atoms with Crippen molar-refractivity contribution >= 4 is 21.5 Å². The predicted octanol–water partition coefficient (Wildman–Crippen LogP) is 6.69. The molecule has 0 radical (unpaired) electrons. The van der Waals surface area contributed by atoms with Crippen LogP contribution in [0.1, 0.15) is 75.3 Å². The van der Waals surface area contributed by atoms with Gasteiger partial charge in [-0.2, -0.15) is 6.42 Å². The molecule has 0 fully saturated rings. The molecule has 0 saturated heterocycles. The molecule has 0 spiro atoms. The van der Waals surface area contributed by atoms with Gasteiger partial charge < -0.3 is 11.5 Å². The van der Waals surface area contributed by atoms with Crippen LogP contribution in [-0.2, 0) is 15.5 Å². The Hall–Kier alpha value is -2.21. The molecule has 17 heteroatoms. The van der Waals surface area contributed by atoms with Crippen LogP contribution in [0, 0.1) is 65.1 Å². The van der Waals surface area contributed by atoms with E-state index < -0.39 is 90.6 Å². The predicted molar refractivity (Wildman–Crippen MR) is 193 cm³/mol. The fourth-order valence-corrected chi connectivity index (χ4v) is 9.21. The summed E-state index contributed by atoms with van der Waals surface area (Å²) in [6, 6.07) is 12.1. The van der Waals surface area contributed by atoms with Crippen molar-refractivity contribution < 1.29 is 116 Å². The molecule has 0 bridgehead atoms. The van der Waals surface area contributed by atoms with Gasteiger partial charge in [0.05, 0.1) is 21.2 Å².